The van der Waals surface area contributed by atoms with Crippen molar-refractivity contribution in [1.82, 2.24) is 14.8 Å². The summed E-state index contributed by atoms with van der Waals surface area (Å²) in [6.07, 6.45) is -0.307. The molecule has 0 saturated heterocycles. The molecule has 13 aromatic rings. The number of fused-ring (bicyclic) bond motifs is 20. The van der Waals surface area contributed by atoms with E-state index in [-0.39, 0.29) is 6.17 Å². The summed E-state index contributed by atoms with van der Waals surface area (Å²) in [6.45, 7) is 0. The average molecular weight is 927 g/mol. The molecule has 8 nitrogen and oxygen atoms in total. The van der Waals surface area contributed by atoms with Crippen LogP contribution in [-0.2, 0) is 5.91 Å². The molecule has 0 saturated carbocycles. The van der Waals surface area contributed by atoms with Gasteiger partial charge < -0.3 is 0 Å². The minimum Gasteiger partial charge on any atom is -0.280 e. The average Bonchev–Trinajstić information content (AvgIpc) is 4.14. The Morgan fingerprint density at radius 3 is 1.23 bits per heavy atom. The van der Waals surface area contributed by atoms with Crippen molar-refractivity contribution in [2.45, 2.75) is 12.1 Å². The van der Waals surface area contributed by atoms with E-state index in [1.165, 1.54) is 91.7 Å². The molecule has 0 amide bonds. The van der Waals surface area contributed by atoms with E-state index < -0.39 is 5.91 Å². The number of aromatic nitrogens is 1. The largest absolute Gasteiger partial charge is 0.401 e. The maximum absolute atomic E-state index is 5.95. The van der Waals surface area contributed by atoms with Gasteiger partial charge >= 0.3 is 5.91 Å². The highest BCUT2D eigenvalue weighted by Gasteiger charge is 2.75. The molecule has 2 atom stereocenters. The fourth-order valence-electron chi connectivity index (χ4n) is 14.1. The van der Waals surface area contributed by atoms with Crippen LogP contribution in [0.15, 0.2) is 209 Å². The smallest absolute Gasteiger partial charge is 0.280 e. The van der Waals surface area contributed by atoms with Gasteiger partial charge in [0.1, 0.15) is 0 Å². The lowest BCUT2D eigenvalue weighted by Crippen LogP contribution is -2.75. The summed E-state index contributed by atoms with van der Waals surface area (Å²) in [6, 6.07) is 72.5. The van der Waals surface area contributed by atoms with Gasteiger partial charge in [-0.2, -0.15) is 9.14 Å². The second kappa shape index (κ2) is 11.9. The molecule has 1 N–H and O–H groups in total. The van der Waals surface area contributed by atoms with E-state index in [0.29, 0.717) is 0 Å². The highest BCUT2D eigenvalue weighted by Crippen LogP contribution is 2.59. The van der Waals surface area contributed by atoms with Crippen LogP contribution in [0.2, 0.25) is 0 Å². The molecule has 0 fully saturated rings. The summed E-state index contributed by atoms with van der Waals surface area (Å²) in [5, 5.41) is 25.6. The summed E-state index contributed by atoms with van der Waals surface area (Å²) < 4.78 is 7.47. The second-order valence-electron chi connectivity index (χ2n) is 21.0. The van der Waals surface area contributed by atoms with E-state index in [1.54, 1.807) is 0 Å². The minimum atomic E-state index is -1.09. The van der Waals surface area contributed by atoms with Crippen LogP contribution in [0.4, 0.5) is 11.6 Å². The first-order chi connectivity index (χ1) is 36.1. The third-order valence-electron chi connectivity index (χ3n) is 17.3. The molecule has 20 rings (SSSR count). The molecule has 0 aliphatic carbocycles. The van der Waals surface area contributed by atoms with Gasteiger partial charge in [-0.3, -0.25) is 5.32 Å². The van der Waals surface area contributed by atoms with Crippen molar-refractivity contribution >= 4 is 138 Å². The Hall–Kier alpha value is -9.79. The van der Waals surface area contributed by atoms with Crippen LogP contribution in [-0.4, -0.2) is 47.8 Å². The number of benzene rings is 12. The first kappa shape index (κ1) is 36.2. The Balaban J connectivity index is 0.973. The van der Waals surface area contributed by atoms with Crippen molar-refractivity contribution in [3.63, 3.8) is 0 Å². The van der Waals surface area contributed by atoms with Gasteiger partial charge in [-0.25, -0.2) is 4.90 Å². The Kier molecular flexibility index (Phi) is 5.88. The first-order valence-corrected chi connectivity index (χ1v) is 25.2. The van der Waals surface area contributed by atoms with Crippen molar-refractivity contribution in [3.05, 3.63) is 228 Å². The quantitative estimate of drug-likeness (QED) is 0.122. The number of rotatable bonds is 0. The number of nitrogens with one attached hydrogen (secondary N) is 1. The van der Waals surface area contributed by atoms with Gasteiger partial charge in [0.25, 0.3) is 17.5 Å². The first-order valence-electron chi connectivity index (χ1n) is 25.2. The minimum absolute atomic E-state index is 0.307. The van der Waals surface area contributed by atoms with Crippen LogP contribution in [0.25, 0.3) is 97.0 Å². The Morgan fingerprint density at radius 2 is 0.753 bits per heavy atom. The number of hydrogen-bond acceptors (Lipinski definition) is 5. The van der Waals surface area contributed by atoms with Crippen LogP contribution < -0.4 is 5.32 Å². The van der Waals surface area contributed by atoms with E-state index in [0.717, 1.165) is 79.4 Å². The van der Waals surface area contributed by atoms with Crippen molar-refractivity contribution in [1.29, 1.82) is 0 Å². The van der Waals surface area contributed by atoms with Gasteiger partial charge in [-0.05, 0) is 183 Å². The molecule has 8 heteroatoms. The van der Waals surface area contributed by atoms with E-state index in [1.807, 2.05) is 0 Å². The van der Waals surface area contributed by atoms with Crippen molar-refractivity contribution in [2.24, 2.45) is 15.0 Å². The molecule has 0 radical (unpaired) electrons. The van der Waals surface area contributed by atoms with Gasteiger partial charge in [-0.1, -0.05) is 112 Å². The van der Waals surface area contributed by atoms with Crippen LogP contribution in [0, 0.1) is 0 Å². The number of aliphatic imine (C=N–C) groups is 3. The molecule has 7 aliphatic rings. The highest BCUT2D eigenvalue weighted by atomic mass is 15.7. The maximum atomic E-state index is 5.95. The summed E-state index contributed by atoms with van der Waals surface area (Å²) in [5.41, 5.74) is 6.70. The predicted molar refractivity (Wildman–Crippen MR) is 295 cm³/mol. The van der Waals surface area contributed by atoms with Crippen LogP contribution in [0.5, 0.6) is 0 Å². The second-order valence-corrected chi connectivity index (χ2v) is 21.0. The monoisotopic (exact) mass is 926 g/mol. The number of hydrogen-bond donors (Lipinski definition) is 1. The fourth-order valence-corrected chi connectivity index (χ4v) is 14.1. The lowest BCUT2D eigenvalue weighted by molar-refractivity contribution is -0.813. The summed E-state index contributed by atoms with van der Waals surface area (Å²) in [7, 11) is 0. The summed E-state index contributed by atoms with van der Waals surface area (Å²) in [5.74, 6) is 5.33. The maximum Gasteiger partial charge on any atom is 0.401 e. The lowest BCUT2D eigenvalue weighted by atomic mass is 9.97. The standard InChI is InChI=1S/C65H33N8/c1-2-10-34-18-42-26-50-49(25-41(42)17-33(34)9-1)57-66-59-51-27-43-19-35-11-3-4-12-36(35)20-44(43)28-52(51)61-68-63-55-31-47-23-39-15-7-8-16-40(39)24-48(47)32-56(55)64-69-62-54-30-46-22-38-14-6-5-13-37(38)21-45(46)29-53(54)60-67-58(50)70(57)65(71(59)61,72(60)62)73(63)64/h1-32,57H/q+1/p+1. The SMILES string of the molecule is c1ccc2cc3cc4c(cc3cc2c1)C1=Nc2c3cc5cc6ccccc6cc5cc3c3n2C25N6C(=NC4=[N+]12)c1cc2cc4ccccc4cc2cc1C6NC1=[N+]5C(=N3)c2cc3cc4ccccc4cc3cc21. The van der Waals surface area contributed by atoms with Crippen LogP contribution in [0.3, 0.4) is 0 Å². The van der Waals surface area contributed by atoms with E-state index in [2.05, 4.69) is 218 Å². The third kappa shape index (κ3) is 4.11. The Morgan fingerprint density at radius 1 is 0.370 bits per heavy atom. The third-order valence-corrected chi connectivity index (χ3v) is 17.3. The topological polar surface area (TPSA) is 63.3 Å². The molecule has 8 heterocycles. The normalized spacial score (nSPS) is 19.1. The Bertz CT molecular complexity index is 5130. The molecule has 1 aromatic heterocycles. The lowest BCUT2D eigenvalue weighted by Gasteiger charge is -2.49. The van der Waals surface area contributed by atoms with Gasteiger partial charge in [-0.15, -0.1) is 4.58 Å². The zero-order valence-corrected chi connectivity index (χ0v) is 38.7. The number of amidine groups is 5. The molecular formula is C65H34N8+2. The molecular weight excluding hydrogens is 893 g/mol. The highest BCUT2D eigenvalue weighted by molar-refractivity contribution is 6.27. The van der Waals surface area contributed by atoms with Crippen LogP contribution in [0.1, 0.15) is 39.5 Å². The zero-order valence-electron chi connectivity index (χ0n) is 38.7. The van der Waals surface area contributed by atoms with Gasteiger partial charge in [0.15, 0.2) is 6.17 Å². The molecule has 12 aromatic carbocycles. The summed E-state index contributed by atoms with van der Waals surface area (Å²) >= 11 is 0. The van der Waals surface area contributed by atoms with Gasteiger partial charge in [0.2, 0.25) is 23.3 Å². The zero-order chi connectivity index (χ0) is 46.7. The molecule has 0 bridgehead atoms. The van der Waals surface area contributed by atoms with Crippen LogP contribution >= 0.6 is 0 Å². The Labute approximate surface area is 414 Å². The molecule has 1 spiro atoms. The molecule has 2 unspecified atom stereocenters. The van der Waals surface area contributed by atoms with Crippen molar-refractivity contribution < 1.29 is 9.15 Å². The van der Waals surface area contributed by atoms with Gasteiger partial charge in [0.05, 0.1) is 22.3 Å². The van der Waals surface area contributed by atoms with Crippen molar-refractivity contribution in [3.8, 4) is 0 Å². The molecule has 73 heavy (non-hydrogen) atoms. The van der Waals surface area contributed by atoms with E-state index in [9.17, 15) is 0 Å². The predicted octanol–water partition coefficient (Wildman–Crippen LogP) is 13.5. The van der Waals surface area contributed by atoms with E-state index >= 15 is 0 Å². The molecule has 332 valence electrons. The molecule has 7 aliphatic heterocycles. The van der Waals surface area contributed by atoms with Gasteiger partial charge in [0, 0.05) is 21.9 Å². The fraction of sp³-hybridized carbons (Fsp3) is 0.0308. The van der Waals surface area contributed by atoms with Crippen molar-refractivity contribution in [2.75, 3.05) is 0 Å². The van der Waals surface area contributed by atoms with E-state index in [4.69, 9.17) is 15.0 Å². The summed E-state index contributed by atoms with van der Waals surface area (Å²) in [4.78, 5) is 20.4. The number of nitrogens with zero attached hydrogens (tertiary/aromatic N) is 7.